The maximum Gasteiger partial charge on any atom is 0.296 e. The van der Waals surface area contributed by atoms with Gasteiger partial charge in [-0.15, -0.1) is 0 Å². The van der Waals surface area contributed by atoms with Crippen molar-refractivity contribution in [2.75, 3.05) is 31.2 Å². The highest BCUT2D eigenvalue weighted by Gasteiger charge is 2.37. The van der Waals surface area contributed by atoms with Crippen molar-refractivity contribution in [3.8, 4) is 5.82 Å². The summed E-state index contributed by atoms with van der Waals surface area (Å²) in [4.78, 5) is 15.8. The van der Waals surface area contributed by atoms with Crippen LogP contribution in [-0.4, -0.2) is 51.9 Å². The number of nitrogens with two attached hydrogens (primary N) is 2. The Hall–Kier alpha value is -2.69. The van der Waals surface area contributed by atoms with Crippen molar-refractivity contribution in [2.45, 2.75) is 43.7 Å². The molecule has 1 saturated carbocycles. The first-order valence-electron chi connectivity index (χ1n) is 11.0. The number of alkyl halides is 2. The van der Waals surface area contributed by atoms with Crippen LogP contribution < -0.4 is 16.4 Å². The van der Waals surface area contributed by atoms with E-state index in [1.54, 1.807) is 30.3 Å². The molecular formula is C22H27F2N7O. The molecule has 2 aliphatic rings. The topological polar surface area (TPSA) is 108 Å². The molecule has 2 aromatic heterocycles. The maximum atomic E-state index is 14.0. The van der Waals surface area contributed by atoms with Gasteiger partial charge in [-0.1, -0.05) is 12.1 Å². The van der Waals surface area contributed by atoms with Gasteiger partial charge in [-0.05, 0) is 37.8 Å². The van der Waals surface area contributed by atoms with E-state index < -0.39 is 12.0 Å². The molecule has 170 valence electrons. The third kappa shape index (κ3) is 3.82. The lowest BCUT2D eigenvalue weighted by Gasteiger charge is -2.36. The molecule has 5 rings (SSSR count). The molecule has 10 heteroatoms. The van der Waals surface area contributed by atoms with Crippen molar-refractivity contribution in [3.63, 3.8) is 0 Å². The second kappa shape index (κ2) is 8.34. The normalized spacial score (nSPS) is 24.4. The number of halogens is 2. The predicted molar refractivity (Wildman–Crippen MR) is 117 cm³/mol. The van der Waals surface area contributed by atoms with Crippen LogP contribution in [0.3, 0.4) is 0 Å². The summed E-state index contributed by atoms with van der Waals surface area (Å²) in [5.74, 6) is 1.07. The van der Waals surface area contributed by atoms with E-state index in [1.165, 1.54) is 4.57 Å². The number of hydrogen-bond acceptors (Lipinski definition) is 7. The number of nitrogens with zero attached hydrogens (tertiary/aromatic N) is 5. The molecule has 2 fully saturated rings. The fourth-order valence-corrected chi connectivity index (χ4v) is 4.70. The van der Waals surface area contributed by atoms with E-state index in [-0.39, 0.29) is 11.9 Å². The van der Waals surface area contributed by atoms with Gasteiger partial charge in [-0.3, -0.25) is 4.57 Å². The van der Waals surface area contributed by atoms with Crippen molar-refractivity contribution in [2.24, 2.45) is 11.5 Å². The summed E-state index contributed by atoms with van der Waals surface area (Å²) in [6, 6.07) is 8.75. The van der Waals surface area contributed by atoms with Crippen LogP contribution >= 0.6 is 0 Å². The van der Waals surface area contributed by atoms with E-state index in [0.29, 0.717) is 67.6 Å². The standard InChI is InChI=1S/C22H27F2N7O/c23-19(24)20-27-15-5-1-2-6-16(15)31(20)18-12-17(30-8-10-32-11-9-30)28-21(29-18)22(26)7-3-4-14(25)13-22/h1-2,5-6,12,14,19H,3-4,7-11,13,25-26H2. The lowest BCUT2D eigenvalue weighted by Crippen LogP contribution is -2.47. The molecule has 0 bridgehead atoms. The van der Waals surface area contributed by atoms with Crippen molar-refractivity contribution in [3.05, 3.63) is 42.0 Å². The van der Waals surface area contributed by atoms with Gasteiger partial charge >= 0.3 is 0 Å². The number of hydrogen-bond donors (Lipinski definition) is 2. The molecule has 0 spiro atoms. The monoisotopic (exact) mass is 443 g/mol. The molecule has 3 heterocycles. The number of aromatic nitrogens is 4. The molecule has 1 aliphatic heterocycles. The molecule has 1 aromatic carbocycles. The minimum absolute atomic E-state index is 0.0430. The first-order valence-corrected chi connectivity index (χ1v) is 11.0. The highest BCUT2D eigenvalue weighted by molar-refractivity contribution is 5.78. The molecule has 2 unspecified atom stereocenters. The zero-order valence-electron chi connectivity index (χ0n) is 17.8. The smallest absolute Gasteiger partial charge is 0.296 e. The van der Waals surface area contributed by atoms with Gasteiger partial charge in [0.05, 0.1) is 29.8 Å². The average Bonchev–Trinajstić information content (AvgIpc) is 3.19. The number of benzene rings is 1. The summed E-state index contributed by atoms with van der Waals surface area (Å²) in [5, 5.41) is 0. The number of rotatable bonds is 4. The SMILES string of the molecule is NC1CCCC(N)(c2nc(N3CCOCC3)cc(-n3c(C(F)F)nc4ccccc43)n2)C1. The molecule has 1 saturated heterocycles. The lowest BCUT2D eigenvalue weighted by atomic mass is 9.79. The number of para-hydroxylation sites is 2. The lowest BCUT2D eigenvalue weighted by molar-refractivity contribution is 0.122. The molecule has 2 atom stereocenters. The summed E-state index contributed by atoms with van der Waals surface area (Å²) in [6.07, 6.45) is 0.248. The summed E-state index contributed by atoms with van der Waals surface area (Å²) in [7, 11) is 0. The van der Waals surface area contributed by atoms with E-state index in [9.17, 15) is 8.78 Å². The number of anilines is 1. The minimum atomic E-state index is -2.76. The first kappa shape index (κ1) is 21.2. The fourth-order valence-electron chi connectivity index (χ4n) is 4.70. The van der Waals surface area contributed by atoms with Gasteiger partial charge in [0.25, 0.3) is 6.43 Å². The van der Waals surface area contributed by atoms with Crippen molar-refractivity contribution < 1.29 is 13.5 Å². The number of fused-ring (bicyclic) bond motifs is 1. The van der Waals surface area contributed by atoms with Gasteiger partial charge < -0.3 is 21.1 Å². The van der Waals surface area contributed by atoms with Crippen LogP contribution in [0, 0.1) is 0 Å². The third-order valence-corrected chi connectivity index (χ3v) is 6.31. The predicted octanol–water partition coefficient (Wildman–Crippen LogP) is 2.65. The summed E-state index contributed by atoms with van der Waals surface area (Å²) in [6.45, 7) is 2.45. The molecule has 0 radical (unpaired) electrons. The van der Waals surface area contributed by atoms with E-state index in [2.05, 4.69) is 9.88 Å². The van der Waals surface area contributed by atoms with Crippen molar-refractivity contribution >= 4 is 16.9 Å². The highest BCUT2D eigenvalue weighted by atomic mass is 19.3. The first-order chi connectivity index (χ1) is 15.4. The summed E-state index contributed by atoms with van der Waals surface area (Å²) >= 11 is 0. The van der Waals surface area contributed by atoms with Gasteiger partial charge in [0.1, 0.15) is 11.6 Å². The zero-order chi connectivity index (χ0) is 22.3. The molecular weight excluding hydrogens is 416 g/mol. The van der Waals surface area contributed by atoms with E-state index in [0.717, 1.165) is 12.8 Å². The second-order valence-electron chi connectivity index (χ2n) is 8.61. The summed E-state index contributed by atoms with van der Waals surface area (Å²) in [5.41, 5.74) is 13.2. The Morgan fingerprint density at radius 2 is 1.84 bits per heavy atom. The second-order valence-corrected chi connectivity index (χ2v) is 8.61. The van der Waals surface area contributed by atoms with Crippen LogP contribution in [0.2, 0.25) is 0 Å². The van der Waals surface area contributed by atoms with Gasteiger partial charge in [0.2, 0.25) is 0 Å². The third-order valence-electron chi connectivity index (χ3n) is 6.31. The average molecular weight is 444 g/mol. The highest BCUT2D eigenvalue weighted by Crippen LogP contribution is 2.35. The molecule has 32 heavy (non-hydrogen) atoms. The van der Waals surface area contributed by atoms with Gasteiger partial charge in [0, 0.05) is 25.2 Å². The van der Waals surface area contributed by atoms with Crippen LogP contribution in [0.1, 0.15) is 43.8 Å². The fraction of sp³-hybridized carbons (Fsp3) is 0.500. The van der Waals surface area contributed by atoms with E-state index >= 15 is 0 Å². The quantitative estimate of drug-likeness (QED) is 0.638. The zero-order valence-corrected chi connectivity index (χ0v) is 17.8. The van der Waals surface area contributed by atoms with Gasteiger partial charge in [-0.25, -0.2) is 23.7 Å². The van der Waals surface area contributed by atoms with Crippen molar-refractivity contribution in [1.29, 1.82) is 0 Å². The Morgan fingerprint density at radius 1 is 1.09 bits per heavy atom. The van der Waals surface area contributed by atoms with Crippen LogP contribution in [0.5, 0.6) is 0 Å². The van der Waals surface area contributed by atoms with Crippen LogP contribution in [0.25, 0.3) is 16.9 Å². The van der Waals surface area contributed by atoms with Gasteiger partial charge in [0.15, 0.2) is 11.6 Å². The van der Waals surface area contributed by atoms with Crippen LogP contribution in [0.15, 0.2) is 30.3 Å². The Kier molecular flexibility index (Phi) is 5.52. The molecule has 0 amide bonds. The van der Waals surface area contributed by atoms with Gasteiger partial charge in [-0.2, -0.15) is 0 Å². The largest absolute Gasteiger partial charge is 0.378 e. The number of imidazole rings is 1. The number of ether oxygens (including phenoxy) is 1. The molecule has 3 aromatic rings. The Labute approximate surface area is 184 Å². The maximum absolute atomic E-state index is 14.0. The van der Waals surface area contributed by atoms with E-state index in [1.807, 2.05) is 0 Å². The molecule has 4 N–H and O–H groups in total. The number of morpholine rings is 1. The molecule has 8 nitrogen and oxygen atoms in total. The van der Waals surface area contributed by atoms with E-state index in [4.69, 9.17) is 26.2 Å². The Morgan fingerprint density at radius 3 is 2.59 bits per heavy atom. The van der Waals surface area contributed by atoms with Crippen LogP contribution in [-0.2, 0) is 10.3 Å². The van der Waals surface area contributed by atoms with Crippen LogP contribution in [0.4, 0.5) is 14.6 Å². The minimum Gasteiger partial charge on any atom is -0.378 e. The Bertz CT molecular complexity index is 1110. The Balaban J connectivity index is 1.70. The summed E-state index contributed by atoms with van der Waals surface area (Å²) < 4.78 is 34.9. The van der Waals surface area contributed by atoms with Crippen molar-refractivity contribution in [1.82, 2.24) is 19.5 Å². The molecule has 1 aliphatic carbocycles.